The Morgan fingerprint density at radius 1 is 1.43 bits per heavy atom. The van der Waals surface area contributed by atoms with Crippen LogP contribution in [0.2, 0.25) is 5.02 Å². The van der Waals surface area contributed by atoms with Crippen molar-refractivity contribution in [3.8, 4) is 11.9 Å². The molecular weight excluding hydrogens is 378 g/mol. The summed E-state index contributed by atoms with van der Waals surface area (Å²) < 4.78 is 5.12. The van der Waals surface area contributed by atoms with Gasteiger partial charge in [-0.15, -0.1) is 0 Å². The largest absolute Gasteiger partial charge is 0.480 e. The molecule has 7 nitrogen and oxygen atoms in total. The van der Waals surface area contributed by atoms with Gasteiger partial charge in [-0.25, -0.2) is 9.97 Å². The molecule has 28 heavy (non-hydrogen) atoms. The molecule has 2 atom stereocenters. The number of carbonyl (C=O) groups excluding carboxylic acids is 1. The van der Waals surface area contributed by atoms with Crippen LogP contribution in [0.4, 0.5) is 5.82 Å². The number of nitrogens with one attached hydrogen (secondary N) is 1. The van der Waals surface area contributed by atoms with E-state index in [1.807, 2.05) is 13.0 Å². The number of nitrogens with zero attached hydrogens (tertiary/aromatic N) is 4. The average molecular weight is 400 g/mol. The second kappa shape index (κ2) is 9.00. The van der Waals surface area contributed by atoms with Crippen LogP contribution in [-0.2, 0) is 4.79 Å². The number of amides is 1. The maximum Gasteiger partial charge on any atom is 0.242 e. The highest BCUT2D eigenvalue weighted by molar-refractivity contribution is 6.30. The number of ether oxygens (including phenoxy) is 1. The zero-order valence-electron chi connectivity index (χ0n) is 15.9. The van der Waals surface area contributed by atoms with Crippen LogP contribution in [0.5, 0.6) is 5.88 Å². The molecule has 1 amide bonds. The Hall–Kier alpha value is -2.69. The summed E-state index contributed by atoms with van der Waals surface area (Å²) in [4.78, 5) is 23.1. The summed E-state index contributed by atoms with van der Waals surface area (Å²) in [6.45, 7) is 3.45. The molecule has 0 saturated carbocycles. The molecular formula is C20H22ClN5O2. The number of hydrogen-bond acceptors (Lipinski definition) is 6. The quantitative estimate of drug-likeness (QED) is 0.830. The first-order valence-corrected chi connectivity index (χ1v) is 9.50. The van der Waals surface area contributed by atoms with Crippen LogP contribution in [0.25, 0.3) is 0 Å². The van der Waals surface area contributed by atoms with Crippen LogP contribution in [0.3, 0.4) is 0 Å². The molecule has 0 bridgehead atoms. The number of likely N-dealkylation sites (tertiary alicyclic amines) is 1. The summed E-state index contributed by atoms with van der Waals surface area (Å²) in [7, 11) is 1.50. The minimum absolute atomic E-state index is 0.110. The van der Waals surface area contributed by atoms with Crippen LogP contribution in [-0.4, -0.2) is 47.0 Å². The van der Waals surface area contributed by atoms with Gasteiger partial charge in [0.2, 0.25) is 11.8 Å². The normalized spacial score (nSPS) is 18.1. The van der Waals surface area contributed by atoms with E-state index in [0.717, 1.165) is 31.5 Å². The topological polar surface area (TPSA) is 91.1 Å². The van der Waals surface area contributed by atoms with Crippen LogP contribution in [0.15, 0.2) is 30.6 Å². The Kier molecular flexibility index (Phi) is 6.45. The van der Waals surface area contributed by atoms with Crippen molar-refractivity contribution in [1.29, 1.82) is 5.26 Å². The first-order chi connectivity index (χ1) is 13.5. The first kappa shape index (κ1) is 20.1. The molecule has 2 aromatic heterocycles. The van der Waals surface area contributed by atoms with E-state index in [2.05, 4.69) is 26.3 Å². The van der Waals surface area contributed by atoms with Crippen LogP contribution in [0, 0.1) is 11.3 Å². The highest BCUT2D eigenvalue weighted by atomic mass is 35.5. The second-order valence-corrected chi connectivity index (χ2v) is 7.23. The molecule has 0 radical (unpaired) electrons. The van der Waals surface area contributed by atoms with Gasteiger partial charge in [-0.1, -0.05) is 11.6 Å². The van der Waals surface area contributed by atoms with Crippen LogP contribution in [0.1, 0.15) is 36.8 Å². The molecule has 0 aliphatic carbocycles. The molecule has 1 fully saturated rings. The molecule has 3 heterocycles. The number of aromatic nitrogens is 2. The smallest absolute Gasteiger partial charge is 0.242 e. The number of methoxy groups -OCH3 is 1. The van der Waals surface area contributed by atoms with E-state index in [1.54, 1.807) is 18.3 Å². The third-order valence-electron chi connectivity index (χ3n) is 5.02. The number of anilines is 1. The molecule has 0 aromatic carbocycles. The molecule has 0 spiro atoms. The monoisotopic (exact) mass is 399 g/mol. The fourth-order valence-corrected chi connectivity index (χ4v) is 3.52. The average Bonchev–Trinajstić information content (AvgIpc) is 2.74. The Morgan fingerprint density at radius 3 is 2.93 bits per heavy atom. The zero-order valence-corrected chi connectivity index (χ0v) is 16.6. The maximum atomic E-state index is 12.6. The van der Waals surface area contributed by atoms with Crippen molar-refractivity contribution in [1.82, 2.24) is 14.9 Å². The molecule has 1 aliphatic heterocycles. The third-order valence-corrected chi connectivity index (χ3v) is 5.24. The van der Waals surface area contributed by atoms with Crippen molar-refractivity contribution in [2.24, 2.45) is 0 Å². The number of piperidine rings is 1. The van der Waals surface area contributed by atoms with Crippen molar-refractivity contribution in [2.45, 2.75) is 31.7 Å². The minimum Gasteiger partial charge on any atom is -0.480 e. The van der Waals surface area contributed by atoms with Crippen LogP contribution >= 0.6 is 11.6 Å². The predicted octanol–water partition coefficient (Wildman–Crippen LogP) is 3.22. The van der Waals surface area contributed by atoms with Crippen molar-refractivity contribution in [3.05, 3.63) is 46.7 Å². The number of halogens is 1. The number of pyridine rings is 2. The van der Waals surface area contributed by atoms with E-state index < -0.39 is 0 Å². The van der Waals surface area contributed by atoms with Gasteiger partial charge in [0.25, 0.3) is 0 Å². The highest BCUT2D eigenvalue weighted by Gasteiger charge is 2.29. The van der Waals surface area contributed by atoms with E-state index >= 15 is 0 Å². The highest BCUT2D eigenvalue weighted by Crippen LogP contribution is 2.30. The van der Waals surface area contributed by atoms with E-state index in [-0.39, 0.29) is 17.9 Å². The van der Waals surface area contributed by atoms with E-state index in [1.165, 1.54) is 13.3 Å². The van der Waals surface area contributed by atoms with Gasteiger partial charge in [0.15, 0.2) is 0 Å². The number of rotatable bonds is 5. The number of nitriles is 1. The van der Waals surface area contributed by atoms with E-state index in [0.29, 0.717) is 22.3 Å². The first-order valence-electron chi connectivity index (χ1n) is 9.12. The van der Waals surface area contributed by atoms with Gasteiger partial charge in [-0.3, -0.25) is 9.69 Å². The minimum atomic E-state index is -0.304. The van der Waals surface area contributed by atoms with Crippen molar-refractivity contribution in [3.63, 3.8) is 0 Å². The molecule has 2 unspecified atom stereocenters. The van der Waals surface area contributed by atoms with Crippen molar-refractivity contribution in [2.75, 3.05) is 25.5 Å². The zero-order chi connectivity index (χ0) is 20.1. The van der Waals surface area contributed by atoms with Gasteiger partial charge >= 0.3 is 0 Å². The van der Waals surface area contributed by atoms with E-state index in [4.69, 9.17) is 16.3 Å². The summed E-state index contributed by atoms with van der Waals surface area (Å²) in [5, 5.41) is 12.6. The summed E-state index contributed by atoms with van der Waals surface area (Å²) in [5.74, 6) is 0.916. The van der Waals surface area contributed by atoms with Crippen molar-refractivity contribution >= 4 is 23.3 Å². The molecule has 146 valence electrons. The van der Waals surface area contributed by atoms with Gasteiger partial charge < -0.3 is 10.1 Å². The summed E-state index contributed by atoms with van der Waals surface area (Å²) in [6.07, 6.45) is 5.22. The summed E-state index contributed by atoms with van der Waals surface area (Å²) in [5.41, 5.74) is 1.42. The summed E-state index contributed by atoms with van der Waals surface area (Å²) in [6, 6.07) is 7.03. The Labute approximate surface area is 169 Å². The third kappa shape index (κ3) is 4.58. The lowest BCUT2D eigenvalue weighted by Gasteiger charge is -2.36. The van der Waals surface area contributed by atoms with Gasteiger partial charge in [0, 0.05) is 18.9 Å². The second-order valence-electron chi connectivity index (χ2n) is 6.80. The lowest BCUT2D eigenvalue weighted by atomic mass is 9.90. The van der Waals surface area contributed by atoms with Gasteiger partial charge in [-0.2, -0.15) is 5.26 Å². The number of hydrogen-bond donors (Lipinski definition) is 1. The Bertz CT molecular complexity index is 881. The van der Waals surface area contributed by atoms with Gasteiger partial charge in [0.1, 0.15) is 17.5 Å². The van der Waals surface area contributed by atoms with Gasteiger partial charge in [-0.05, 0) is 56.0 Å². The Balaban J connectivity index is 1.67. The molecule has 1 N–H and O–H groups in total. The lowest BCUT2D eigenvalue weighted by Crippen LogP contribution is -2.46. The summed E-state index contributed by atoms with van der Waals surface area (Å²) >= 11 is 5.83. The predicted molar refractivity (Wildman–Crippen MR) is 106 cm³/mol. The molecule has 3 rings (SSSR count). The van der Waals surface area contributed by atoms with Gasteiger partial charge in [0.05, 0.1) is 18.2 Å². The molecule has 8 heteroatoms. The SMILES string of the molecule is COc1ncc(C2CCCN(C(C)C(=O)Nc3ccc(Cl)cn3)C2)cc1C#N. The molecule has 1 saturated heterocycles. The fourth-order valence-electron chi connectivity index (χ4n) is 3.41. The molecule has 1 aliphatic rings. The molecule has 2 aromatic rings. The Morgan fingerprint density at radius 2 is 2.25 bits per heavy atom. The van der Waals surface area contributed by atoms with Crippen molar-refractivity contribution < 1.29 is 9.53 Å². The fraction of sp³-hybridized carbons (Fsp3) is 0.400. The standard InChI is InChI=1S/C20H22ClN5O2/c1-13(19(27)25-18-6-5-17(21)11-23-18)26-7-3-4-14(12-26)16-8-15(9-22)20(28-2)24-10-16/h5-6,8,10-11,13-14H,3-4,7,12H2,1-2H3,(H,23,25,27). The lowest BCUT2D eigenvalue weighted by molar-refractivity contribution is -0.121. The van der Waals surface area contributed by atoms with Crippen LogP contribution < -0.4 is 10.1 Å². The van der Waals surface area contributed by atoms with E-state index in [9.17, 15) is 10.1 Å². The number of carbonyl (C=O) groups is 1. The maximum absolute atomic E-state index is 12.6.